The Bertz CT molecular complexity index is 101. The van der Waals surface area contributed by atoms with Gasteiger partial charge in [-0.2, -0.15) is 0 Å². The third-order valence-electron chi connectivity index (χ3n) is 0. The van der Waals surface area contributed by atoms with Gasteiger partial charge >= 0.3 is 50.1 Å². The van der Waals surface area contributed by atoms with E-state index in [2.05, 4.69) is 0 Å². The first-order valence-corrected chi connectivity index (χ1v) is 1.34. The Balaban J connectivity index is -0.00000000396. The Kier molecular flexibility index (Phi) is 4750. The summed E-state index contributed by atoms with van der Waals surface area (Å²) in [5.41, 5.74) is 0. The topological polar surface area (TPSA) is 143 Å². The first kappa shape index (κ1) is 105. The smallest absolute Gasteiger partial charge is 0.512 e. The van der Waals surface area contributed by atoms with Crippen LogP contribution < -0.4 is 0 Å². The molecule has 0 heterocycles. The molecule has 0 amide bonds. The normalized spacial score (nSPS) is 0.800. The van der Waals surface area contributed by atoms with E-state index in [1.165, 1.54) is 0 Å². The fraction of sp³-hybridized carbons (Fsp3) is 0. The summed E-state index contributed by atoms with van der Waals surface area (Å²) >= 11 is 0. The van der Waals surface area contributed by atoms with Crippen LogP contribution in [0.4, 0.5) is 0 Å². The van der Waals surface area contributed by atoms with Gasteiger partial charge in [0, 0.05) is 0 Å². The predicted molar refractivity (Wildman–Crippen MR) is 29.8 cm³/mol. The van der Waals surface area contributed by atoms with Crippen LogP contribution in [0.15, 0.2) is 0 Å². The second-order valence-corrected chi connectivity index (χ2v) is 0. The van der Waals surface area contributed by atoms with Crippen LogP contribution in [-0.4, -0.2) is 0 Å². The van der Waals surface area contributed by atoms with Crippen LogP contribution in [0.2, 0.25) is 0 Å². The zero-order valence-corrected chi connectivity index (χ0v) is 9.75. The predicted octanol–water partition coefficient (Wildman–Crippen LogP) is 0.571. The molecule has 6 nitrogen and oxygen atoms in total. The zero-order valence-electron chi connectivity index (χ0n) is 6.67. The van der Waals surface area contributed by atoms with Gasteiger partial charge in [-0.3, -0.25) is 0 Å². The molecule has 9 heteroatoms. The number of hydrogen-bond acceptors (Lipinski definition) is 6. The first-order valence-electron chi connectivity index (χ1n) is 1.34. The molecule has 0 unspecified atom stereocenters. The standard InChI is InChI=1S/6CN.Fe.2Ni/c6*1-2;;;/q6*-1;3*+2. The molecular weight excluding hydrogens is 329 g/mol. The van der Waals surface area contributed by atoms with E-state index in [0.29, 0.717) is 0 Å². The third kappa shape index (κ3) is 563. The molecule has 0 bridgehead atoms. The van der Waals surface area contributed by atoms with Crippen molar-refractivity contribution >= 4 is 0 Å². The van der Waals surface area contributed by atoms with Crippen LogP contribution in [0.3, 0.4) is 0 Å². The van der Waals surface area contributed by atoms with Gasteiger partial charge in [0.1, 0.15) is 0 Å². The van der Waals surface area contributed by atoms with E-state index in [1.807, 2.05) is 0 Å². The van der Waals surface area contributed by atoms with Gasteiger partial charge in [0.05, 0.1) is 0 Å². The van der Waals surface area contributed by atoms with Gasteiger partial charge < -0.3 is 71.0 Å². The van der Waals surface area contributed by atoms with E-state index in [-0.39, 0.29) is 50.1 Å². The van der Waals surface area contributed by atoms with E-state index in [0.717, 1.165) is 0 Å². The van der Waals surface area contributed by atoms with Crippen LogP contribution in [0, 0.1) is 71.0 Å². The maximum absolute atomic E-state index is 6.25. The minimum atomic E-state index is 0. The van der Waals surface area contributed by atoms with Gasteiger partial charge in [-0.05, 0) is 0 Å². The van der Waals surface area contributed by atoms with Crippen molar-refractivity contribution < 1.29 is 50.1 Å². The minimum absolute atomic E-state index is 0. The number of rotatable bonds is 0. The molecule has 0 spiro atoms. The summed E-state index contributed by atoms with van der Waals surface area (Å²) in [6.07, 6.45) is 0. The Morgan fingerprint density at radius 1 is 0.333 bits per heavy atom. The number of nitrogens with zero attached hydrogens (tertiary/aromatic N) is 6. The van der Waals surface area contributed by atoms with E-state index in [1.54, 1.807) is 0 Å². The molecule has 0 aliphatic rings. The Morgan fingerprint density at radius 3 is 0.333 bits per heavy atom. The average molecular weight is 329 g/mol. The van der Waals surface area contributed by atoms with Crippen LogP contribution in [0.25, 0.3) is 0 Å². The molecule has 0 aliphatic carbocycles. The molecule has 0 fully saturated rings. The largest absolute Gasteiger partial charge is 2.00 e. The maximum Gasteiger partial charge on any atom is 2.00 e. The Morgan fingerprint density at radius 2 is 0.333 bits per heavy atom. The monoisotopic (exact) mass is 328 g/mol. The summed E-state index contributed by atoms with van der Waals surface area (Å²) in [5.74, 6) is 0. The summed E-state index contributed by atoms with van der Waals surface area (Å²) < 4.78 is 0. The molecule has 0 saturated carbocycles. The van der Waals surface area contributed by atoms with E-state index in [9.17, 15) is 0 Å². The maximum atomic E-state index is 6.25. The van der Waals surface area contributed by atoms with E-state index in [4.69, 9.17) is 71.0 Å². The summed E-state index contributed by atoms with van der Waals surface area (Å²) in [4.78, 5) is 0. The van der Waals surface area contributed by atoms with Gasteiger partial charge in [-0.15, -0.1) is 0 Å². The van der Waals surface area contributed by atoms with E-state index >= 15 is 0 Å². The van der Waals surface area contributed by atoms with Crippen molar-refractivity contribution in [1.29, 1.82) is 31.6 Å². The Labute approximate surface area is 121 Å². The Hall–Kier alpha value is -1.55. The molecule has 0 aromatic rings. The van der Waals surface area contributed by atoms with Gasteiger partial charge in [0.25, 0.3) is 0 Å². The zero-order chi connectivity index (χ0) is 12.0. The molecule has 0 N–H and O–H groups in total. The molecule has 82 valence electrons. The molecule has 0 aliphatic heterocycles. The second-order valence-electron chi connectivity index (χ2n) is 0. The van der Waals surface area contributed by atoms with Crippen molar-refractivity contribution in [2.45, 2.75) is 0 Å². The van der Waals surface area contributed by atoms with Crippen molar-refractivity contribution in [3.8, 4) is 0 Å². The van der Waals surface area contributed by atoms with Crippen molar-refractivity contribution in [2.75, 3.05) is 0 Å². The molecule has 0 atom stereocenters. The quantitative estimate of drug-likeness (QED) is 0.469. The summed E-state index contributed by atoms with van der Waals surface area (Å²) in [7, 11) is 0. The summed E-state index contributed by atoms with van der Waals surface area (Å²) in [6, 6.07) is 0. The fourth-order valence-electron chi connectivity index (χ4n) is 0. The number of hydrogen-bond donors (Lipinski definition) is 0. The van der Waals surface area contributed by atoms with Crippen molar-refractivity contribution in [3.05, 3.63) is 39.4 Å². The molecular formula is C6FeN6Ni2. The SMILES string of the molecule is [C-]#N.[C-]#N.[C-]#N.[C-]#N.[C-]#N.[C-]#N.[Fe+2].[Ni+2].[Ni+2]. The van der Waals surface area contributed by atoms with Crippen LogP contribution >= 0.6 is 0 Å². The van der Waals surface area contributed by atoms with Gasteiger partial charge in [0.15, 0.2) is 0 Å². The molecule has 0 aromatic heterocycles. The van der Waals surface area contributed by atoms with Gasteiger partial charge in [-0.1, -0.05) is 0 Å². The summed E-state index contributed by atoms with van der Waals surface area (Å²) in [6.45, 7) is 28.5. The first-order chi connectivity index (χ1) is 6.00. The van der Waals surface area contributed by atoms with Gasteiger partial charge in [0.2, 0.25) is 0 Å². The molecule has 0 radical (unpaired) electrons. The fourth-order valence-corrected chi connectivity index (χ4v) is 0. The van der Waals surface area contributed by atoms with Crippen LogP contribution in [-0.2, 0) is 50.1 Å². The molecule has 0 saturated heterocycles. The summed E-state index contributed by atoms with van der Waals surface area (Å²) in [5, 5.41) is 37.5. The van der Waals surface area contributed by atoms with E-state index < -0.39 is 0 Å². The van der Waals surface area contributed by atoms with Crippen molar-refractivity contribution in [2.24, 2.45) is 0 Å². The van der Waals surface area contributed by atoms with Crippen molar-refractivity contribution in [3.63, 3.8) is 0 Å². The van der Waals surface area contributed by atoms with Gasteiger partial charge in [-0.25, -0.2) is 0 Å². The molecule has 0 rings (SSSR count). The second kappa shape index (κ2) is 676. The minimum Gasteiger partial charge on any atom is -0.512 e. The molecule has 0 aromatic carbocycles. The van der Waals surface area contributed by atoms with Crippen LogP contribution in [0.1, 0.15) is 0 Å². The van der Waals surface area contributed by atoms with Crippen molar-refractivity contribution in [1.82, 2.24) is 0 Å². The molecule has 15 heavy (non-hydrogen) atoms. The average Bonchev–Trinajstić information content (AvgIpc) is 2.33. The van der Waals surface area contributed by atoms with Crippen LogP contribution in [0.5, 0.6) is 0 Å². The third-order valence-corrected chi connectivity index (χ3v) is 0.